The molecule has 0 aromatic heterocycles. The fourth-order valence-electron chi connectivity index (χ4n) is 3.66. The molecular formula is C33H58I5N4O11-. The van der Waals surface area contributed by atoms with Gasteiger partial charge in [-0.2, -0.15) is 0 Å². The Morgan fingerprint density at radius 3 is 1.51 bits per heavy atom. The first kappa shape index (κ1) is 61.9. The zero-order valence-electron chi connectivity index (χ0n) is 31.7. The van der Waals surface area contributed by atoms with Crippen molar-refractivity contribution in [1.82, 2.24) is 5.32 Å². The van der Waals surface area contributed by atoms with Crippen LogP contribution in [0.2, 0.25) is 0 Å². The summed E-state index contributed by atoms with van der Waals surface area (Å²) in [4.78, 5) is 68.3. The van der Waals surface area contributed by atoms with Crippen LogP contribution in [0.5, 0.6) is 0 Å². The number of aliphatic hydroxyl groups excluding tert-OH is 1. The van der Waals surface area contributed by atoms with Crippen molar-refractivity contribution in [3.8, 4) is 0 Å². The van der Waals surface area contributed by atoms with Gasteiger partial charge in [-0.25, -0.2) is 9.59 Å². The van der Waals surface area contributed by atoms with Crippen LogP contribution in [-0.4, -0.2) is 91.5 Å². The van der Waals surface area contributed by atoms with Crippen molar-refractivity contribution < 1.29 is 66.4 Å². The number of aliphatic carboxylic acids is 1. The van der Waals surface area contributed by atoms with Crippen molar-refractivity contribution in [3.05, 3.63) is 35.9 Å². The first-order valence-electron chi connectivity index (χ1n) is 16.0. The van der Waals surface area contributed by atoms with Crippen LogP contribution >= 0.6 is 74.5 Å². The molecule has 0 radical (unpaired) electrons. The Morgan fingerprint density at radius 2 is 1.15 bits per heavy atom. The number of carboxylic acids is 1. The number of carbonyl (C=O) groups is 6. The van der Waals surface area contributed by atoms with Crippen molar-refractivity contribution in [3.63, 3.8) is 0 Å². The van der Waals surface area contributed by atoms with Crippen molar-refractivity contribution in [2.24, 2.45) is 35.0 Å². The monoisotopic (exact) mass is 1320 g/mol. The average Bonchev–Trinajstić information content (AvgIpc) is 3.11. The Labute approximate surface area is 367 Å². The van der Waals surface area contributed by atoms with Gasteiger partial charge < -0.3 is 46.9 Å². The van der Waals surface area contributed by atoms with E-state index >= 15 is 0 Å². The van der Waals surface area contributed by atoms with Crippen LogP contribution in [0.25, 0.3) is 0 Å². The summed E-state index contributed by atoms with van der Waals surface area (Å²) in [7, 11) is 3.59. The normalized spacial score (nSPS) is 12.0. The topological polar surface area (TPSA) is 261 Å². The van der Waals surface area contributed by atoms with Crippen LogP contribution in [0.4, 0.5) is 0 Å². The zero-order valence-corrected chi connectivity index (χ0v) is 42.4. The third-order valence-corrected chi connectivity index (χ3v) is 5.99. The second-order valence-electron chi connectivity index (χ2n) is 11.9. The number of nitrogens with two attached hydrogens (primary N) is 3. The molecule has 0 spiro atoms. The van der Waals surface area contributed by atoms with Crippen LogP contribution < -0.4 is 35.8 Å². The number of esters is 4. The van der Waals surface area contributed by atoms with Crippen molar-refractivity contribution in [2.75, 3.05) is 21.3 Å². The third kappa shape index (κ3) is 39.8. The number of aliphatic hydroxyl groups is 1. The van der Waals surface area contributed by atoms with Crippen LogP contribution in [-0.2, 0) is 38.2 Å². The van der Waals surface area contributed by atoms with Crippen molar-refractivity contribution in [2.45, 2.75) is 97.8 Å². The molecule has 0 aliphatic heterocycles. The number of rotatable bonds is 15. The molecule has 0 bridgehead atoms. The summed E-state index contributed by atoms with van der Waals surface area (Å²) in [5, 5.41) is 17.8. The van der Waals surface area contributed by atoms with Gasteiger partial charge in [-0.3, -0.25) is 19.2 Å². The molecule has 0 saturated carbocycles. The van der Waals surface area contributed by atoms with Crippen LogP contribution in [0.1, 0.15) is 84.0 Å². The first-order valence-corrected chi connectivity index (χ1v) is 34.8. The van der Waals surface area contributed by atoms with Gasteiger partial charge in [0.2, 0.25) is 5.91 Å². The molecule has 0 saturated heterocycles. The Hall–Kier alpha value is -0.270. The molecule has 20 heteroatoms. The van der Waals surface area contributed by atoms with E-state index in [1.807, 2.05) is 41.5 Å². The molecule has 9 N–H and O–H groups in total. The number of carboxylic acid groups (broad SMARTS) is 1. The predicted octanol–water partition coefficient (Wildman–Crippen LogP) is 2.31. The van der Waals surface area contributed by atoms with Crippen LogP contribution in [0.3, 0.4) is 0 Å². The number of methoxy groups -OCH3 is 2. The van der Waals surface area contributed by atoms with Gasteiger partial charge in [-0.15, -0.1) is 0 Å². The molecule has 4 unspecified atom stereocenters. The zero-order chi connectivity index (χ0) is 42.7. The van der Waals surface area contributed by atoms with Crippen molar-refractivity contribution >= 4 is 110 Å². The number of nitrogens with one attached hydrogen (secondary N) is 1. The third-order valence-electron chi connectivity index (χ3n) is 5.99. The first-order chi connectivity index (χ1) is 24.8. The molecule has 1 aromatic rings. The Morgan fingerprint density at radius 1 is 0.736 bits per heavy atom. The van der Waals surface area contributed by atoms with E-state index < -0.39 is 54.0 Å². The van der Waals surface area contributed by atoms with Gasteiger partial charge in [0.25, 0.3) is 0 Å². The Balaban J connectivity index is -0.000000241. The molecule has 15 nitrogen and oxygen atoms in total. The van der Waals surface area contributed by atoms with E-state index in [-0.39, 0.29) is 30.3 Å². The number of carbonyl (C=O) groups excluding carboxylic acids is 5. The standard InChI is InChI=1S/C19H26N2O6.C7H15NO2.C6H13NO2.CH4O.I3.I2/c1-12(2)11-15(19(25)26-3)21-17(23)14(20)9-10-16(22)27-18(24)13-7-5-4-6-8-13;1-5(2)4-6(8)7(9)10-3;1-4(2)3-5(7)6(8)9;1-2;1-3-2;1-2/h4-8,12,14-15H,9-11,20H2,1-3H3,(H,21,23);5-6H,4,8H2,1-3H3;4-5H,3,7H2,1-2H3,(H,8,9);2H,1H3;;/q;;;;-1;. The van der Waals surface area contributed by atoms with Gasteiger partial charge >= 0.3 is 80.3 Å². The number of hydrogen-bond donors (Lipinski definition) is 6. The second kappa shape index (κ2) is 41.4. The number of benzene rings is 1. The maximum absolute atomic E-state index is 12.1. The minimum absolute atomic E-state index is 0.0255. The maximum atomic E-state index is 12.1. The second-order valence-corrected chi connectivity index (χ2v) is 28.1. The summed E-state index contributed by atoms with van der Waals surface area (Å²) in [5.41, 5.74) is 16.7. The molecule has 1 aromatic carbocycles. The van der Waals surface area contributed by atoms with Crippen molar-refractivity contribution in [1.29, 1.82) is 0 Å². The van der Waals surface area contributed by atoms with E-state index in [1.54, 1.807) is 18.2 Å². The van der Waals surface area contributed by atoms with Gasteiger partial charge in [0, 0.05) is 50.8 Å². The van der Waals surface area contributed by atoms with E-state index in [1.165, 1.54) is 26.4 Å². The molecule has 1 rings (SSSR count). The SMILES string of the molecule is CC(C)CC(N)C(=O)O.CO.COC(=O)C(CC(C)C)NC(=O)C(N)CCC(=O)OC(=O)c1ccccc1.COC(=O)C(N)CC(C)C.II.I[I-]I. The van der Waals surface area contributed by atoms with E-state index in [4.69, 9.17) is 32.2 Å². The Kier molecular flexibility index (Phi) is 48.3. The molecular weight excluding hydrogens is 1260 g/mol. The molecule has 0 aliphatic rings. The molecule has 0 aliphatic carbocycles. The summed E-state index contributed by atoms with van der Waals surface area (Å²) < 4.78 is 13.8. The van der Waals surface area contributed by atoms with E-state index in [2.05, 4.69) is 89.3 Å². The van der Waals surface area contributed by atoms with Crippen LogP contribution in [0, 0.1) is 17.8 Å². The predicted molar refractivity (Wildman–Crippen MR) is 236 cm³/mol. The summed E-state index contributed by atoms with van der Waals surface area (Å²) in [6.07, 6.45) is 1.41. The number of hydrogen-bond acceptors (Lipinski definition) is 13. The summed E-state index contributed by atoms with van der Waals surface area (Å²) >= 11 is 9.54. The fraction of sp³-hybridized carbons (Fsp3) is 0.636. The Bertz CT molecular complexity index is 1120. The number of halogens is 5. The van der Waals surface area contributed by atoms with Gasteiger partial charge in [-0.05, 0) is 55.6 Å². The van der Waals surface area contributed by atoms with Gasteiger partial charge in [-0.1, -0.05) is 59.7 Å². The fourth-order valence-corrected chi connectivity index (χ4v) is 3.66. The molecule has 0 fully saturated rings. The van der Waals surface area contributed by atoms with Gasteiger partial charge in [0.05, 0.1) is 25.8 Å². The molecule has 312 valence electrons. The van der Waals surface area contributed by atoms with Crippen LogP contribution in [0.15, 0.2) is 30.3 Å². The van der Waals surface area contributed by atoms with Gasteiger partial charge in [0.15, 0.2) is 0 Å². The number of amides is 1. The molecule has 53 heavy (non-hydrogen) atoms. The molecule has 0 heterocycles. The van der Waals surface area contributed by atoms with E-state index in [0.717, 1.165) is 7.11 Å². The summed E-state index contributed by atoms with van der Waals surface area (Å²) in [6, 6.07) is 5.11. The number of ether oxygens (including phenoxy) is 3. The average molecular weight is 1320 g/mol. The molecule has 4 atom stereocenters. The summed E-state index contributed by atoms with van der Waals surface area (Å²) in [5.74, 6) is -2.96. The quantitative estimate of drug-likeness (QED) is 0.0638. The van der Waals surface area contributed by atoms with E-state index in [0.29, 0.717) is 44.4 Å². The molecule has 1 amide bonds. The summed E-state index contributed by atoms with van der Waals surface area (Å²) in [6.45, 7) is 11.7. The van der Waals surface area contributed by atoms with E-state index in [9.17, 15) is 28.8 Å². The van der Waals surface area contributed by atoms with Gasteiger partial charge in [0.1, 0.15) is 18.1 Å². The minimum atomic E-state index is -1.02.